The van der Waals surface area contributed by atoms with Gasteiger partial charge in [0.25, 0.3) is 0 Å². The lowest BCUT2D eigenvalue weighted by Gasteiger charge is -2.40. The van der Waals surface area contributed by atoms with Gasteiger partial charge in [0.15, 0.2) is 0 Å². The van der Waals surface area contributed by atoms with Crippen molar-refractivity contribution in [1.29, 1.82) is 0 Å². The van der Waals surface area contributed by atoms with Gasteiger partial charge in [0.05, 0.1) is 16.8 Å². The number of aromatic nitrogens is 1. The average Bonchev–Trinajstić information content (AvgIpc) is 2.95. The summed E-state index contributed by atoms with van der Waals surface area (Å²) >= 11 is 1.74. The fourth-order valence-corrected chi connectivity index (χ4v) is 3.97. The summed E-state index contributed by atoms with van der Waals surface area (Å²) in [4.78, 5) is 7.19. The monoisotopic (exact) mass is 316 g/mol. The molecule has 1 aliphatic rings. The minimum atomic E-state index is 0.314. The second-order valence-corrected chi connectivity index (χ2v) is 7.06. The summed E-state index contributed by atoms with van der Waals surface area (Å²) in [6, 6.07) is 11.2. The van der Waals surface area contributed by atoms with E-state index in [0.717, 1.165) is 30.9 Å². The van der Waals surface area contributed by atoms with Gasteiger partial charge in [-0.25, -0.2) is 4.98 Å². The molecule has 0 saturated carbocycles. The van der Waals surface area contributed by atoms with E-state index in [-0.39, 0.29) is 0 Å². The lowest BCUT2D eigenvalue weighted by molar-refractivity contribution is -0.0221. The molecule has 0 aliphatic carbocycles. The molecule has 118 valence electrons. The smallest absolute Gasteiger partial charge is 0.0897 e. The highest BCUT2D eigenvalue weighted by Crippen LogP contribution is 2.25. The highest BCUT2D eigenvalue weighted by molar-refractivity contribution is 7.09. The third-order valence-corrected chi connectivity index (χ3v) is 5.28. The van der Waals surface area contributed by atoms with Crippen molar-refractivity contribution in [2.24, 2.45) is 0 Å². The Morgan fingerprint density at radius 1 is 1.32 bits per heavy atom. The molecule has 3 rings (SSSR count). The number of hydrogen-bond donors (Lipinski definition) is 0. The van der Waals surface area contributed by atoms with Gasteiger partial charge in [-0.1, -0.05) is 30.3 Å². The van der Waals surface area contributed by atoms with Gasteiger partial charge in [0.1, 0.15) is 0 Å². The predicted octanol–water partition coefficient (Wildman–Crippen LogP) is 3.67. The van der Waals surface area contributed by atoms with Crippen molar-refractivity contribution in [3.05, 3.63) is 52.0 Å². The molecular weight excluding hydrogens is 292 g/mol. The van der Waals surface area contributed by atoms with Crippen molar-refractivity contribution in [3.8, 4) is 0 Å². The van der Waals surface area contributed by atoms with Crippen LogP contribution in [0.2, 0.25) is 0 Å². The van der Waals surface area contributed by atoms with Crippen molar-refractivity contribution in [2.75, 3.05) is 13.7 Å². The van der Waals surface area contributed by atoms with Crippen molar-refractivity contribution in [1.82, 2.24) is 9.88 Å². The van der Waals surface area contributed by atoms with E-state index in [1.807, 2.05) is 7.11 Å². The molecule has 0 radical (unpaired) electrons. The predicted molar refractivity (Wildman–Crippen MR) is 91.2 cm³/mol. The molecule has 0 N–H and O–H groups in total. The Morgan fingerprint density at radius 3 is 2.82 bits per heavy atom. The van der Waals surface area contributed by atoms with E-state index in [9.17, 15) is 0 Å². The molecule has 1 aromatic carbocycles. The van der Waals surface area contributed by atoms with Gasteiger partial charge in [-0.2, -0.15) is 0 Å². The Labute approximate surface area is 137 Å². The Bertz CT molecular complexity index is 584. The number of likely N-dealkylation sites (tertiary alicyclic amines) is 1. The van der Waals surface area contributed by atoms with Crippen LogP contribution >= 0.6 is 11.3 Å². The molecule has 2 aromatic rings. The summed E-state index contributed by atoms with van der Waals surface area (Å²) < 4.78 is 5.79. The minimum absolute atomic E-state index is 0.314. The highest BCUT2D eigenvalue weighted by atomic mass is 32.1. The quantitative estimate of drug-likeness (QED) is 0.841. The zero-order valence-electron chi connectivity index (χ0n) is 13.4. The highest BCUT2D eigenvalue weighted by Gasteiger charge is 2.31. The molecule has 1 aliphatic heterocycles. The van der Waals surface area contributed by atoms with E-state index >= 15 is 0 Å². The van der Waals surface area contributed by atoms with Crippen molar-refractivity contribution in [2.45, 2.75) is 44.9 Å². The Kier molecular flexibility index (Phi) is 5.24. The molecule has 22 heavy (non-hydrogen) atoms. The molecular formula is C18H24N2OS. The van der Waals surface area contributed by atoms with E-state index in [0.29, 0.717) is 12.1 Å². The van der Waals surface area contributed by atoms with Crippen LogP contribution in [0.3, 0.4) is 0 Å². The van der Waals surface area contributed by atoms with Gasteiger partial charge < -0.3 is 4.74 Å². The molecule has 0 amide bonds. The molecule has 0 bridgehead atoms. The van der Waals surface area contributed by atoms with Crippen LogP contribution in [0, 0.1) is 6.92 Å². The molecule has 0 unspecified atom stereocenters. The number of benzene rings is 1. The van der Waals surface area contributed by atoms with Crippen LogP contribution in [0.1, 0.15) is 29.1 Å². The summed E-state index contributed by atoms with van der Waals surface area (Å²) in [6.07, 6.45) is 3.71. The van der Waals surface area contributed by atoms with Crippen LogP contribution in [-0.4, -0.2) is 35.7 Å². The van der Waals surface area contributed by atoms with Crippen LogP contribution in [-0.2, 0) is 17.7 Å². The number of nitrogens with zero attached hydrogens (tertiary/aromatic N) is 2. The molecule has 1 saturated heterocycles. The maximum absolute atomic E-state index is 5.79. The van der Waals surface area contributed by atoms with E-state index in [4.69, 9.17) is 4.74 Å². The van der Waals surface area contributed by atoms with Crippen LogP contribution in [0.5, 0.6) is 0 Å². The van der Waals surface area contributed by atoms with Crippen molar-refractivity contribution >= 4 is 11.3 Å². The van der Waals surface area contributed by atoms with Crippen LogP contribution < -0.4 is 0 Å². The van der Waals surface area contributed by atoms with Gasteiger partial charge in [-0.3, -0.25) is 4.90 Å². The number of hydrogen-bond acceptors (Lipinski definition) is 4. The first-order chi connectivity index (χ1) is 10.8. The number of rotatable bonds is 5. The summed E-state index contributed by atoms with van der Waals surface area (Å²) in [5.41, 5.74) is 2.58. The average molecular weight is 316 g/mol. The Hall–Kier alpha value is -1.23. The first kappa shape index (κ1) is 15.7. The minimum Gasteiger partial charge on any atom is -0.380 e. The maximum Gasteiger partial charge on any atom is 0.0897 e. The van der Waals surface area contributed by atoms with Crippen molar-refractivity contribution < 1.29 is 4.74 Å². The summed E-state index contributed by atoms with van der Waals surface area (Å²) in [6.45, 7) is 4.14. The summed E-state index contributed by atoms with van der Waals surface area (Å²) in [5.74, 6) is 0. The summed E-state index contributed by atoms with van der Waals surface area (Å²) in [5, 5.41) is 3.33. The molecule has 2 heterocycles. The van der Waals surface area contributed by atoms with Crippen molar-refractivity contribution in [3.63, 3.8) is 0 Å². The zero-order valence-corrected chi connectivity index (χ0v) is 14.2. The largest absolute Gasteiger partial charge is 0.380 e. The molecule has 3 nitrogen and oxygen atoms in total. The fraction of sp³-hybridized carbons (Fsp3) is 0.500. The molecule has 1 aromatic heterocycles. The number of piperidine rings is 1. The first-order valence-electron chi connectivity index (χ1n) is 7.98. The lowest BCUT2D eigenvalue weighted by Crippen LogP contribution is -2.49. The van der Waals surface area contributed by atoms with Crippen LogP contribution in [0.25, 0.3) is 0 Å². The van der Waals surface area contributed by atoms with Gasteiger partial charge in [-0.15, -0.1) is 11.3 Å². The van der Waals surface area contributed by atoms with Gasteiger partial charge in [0.2, 0.25) is 0 Å². The SMILES string of the molecule is CO[C@H]1CCCN(Cc2csc(C)n2)[C@H]1Cc1ccccc1. The third-order valence-electron chi connectivity index (χ3n) is 4.45. The normalized spacial score (nSPS) is 22.8. The number of methoxy groups -OCH3 is 1. The number of thiazole rings is 1. The van der Waals surface area contributed by atoms with E-state index in [1.54, 1.807) is 11.3 Å². The summed E-state index contributed by atoms with van der Waals surface area (Å²) in [7, 11) is 1.85. The number of aryl methyl sites for hydroxylation is 1. The van der Waals surface area contributed by atoms with E-state index in [2.05, 4.69) is 52.5 Å². The maximum atomic E-state index is 5.79. The van der Waals surface area contributed by atoms with Gasteiger partial charge in [0, 0.05) is 25.1 Å². The Morgan fingerprint density at radius 2 is 2.14 bits per heavy atom. The second kappa shape index (κ2) is 7.36. The van der Waals surface area contributed by atoms with Crippen LogP contribution in [0.4, 0.5) is 0 Å². The Balaban J connectivity index is 1.76. The van der Waals surface area contributed by atoms with Gasteiger partial charge >= 0.3 is 0 Å². The third kappa shape index (κ3) is 3.75. The standard InChI is InChI=1S/C18H24N2OS/c1-14-19-16(13-22-14)12-20-10-6-9-18(21-2)17(20)11-15-7-4-3-5-8-15/h3-5,7-8,13,17-18H,6,9-12H2,1-2H3/t17-,18-/m0/s1. The van der Waals surface area contributed by atoms with E-state index < -0.39 is 0 Å². The zero-order chi connectivity index (χ0) is 15.4. The molecule has 1 fully saturated rings. The number of ether oxygens (including phenoxy) is 1. The van der Waals surface area contributed by atoms with Gasteiger partial charge in [-0.05, 0) is 38.3 Å². The fourth-order valence-electron chi connectivity index (χ4n) is 3.37. The molecule has 2 atom stereocenters. The second-order valence-electron chi connectivity index (χ2n) is 6.00. The first-order valence-corrected chi connectivity index (χ1v) is 8.86. The van der Waals surface area contributed by atoms with E-state index in [1.165, 1.54) is 17.7 Å². The topological polar surface area (TPSA) is 25.4 Å². The van der Waals surface area contributed by atoms with Crippen LogP contribution in [0.15, 0.2) is 35.7 Å². The molecule has 4 heteroatoms. The molecule has 0 spiro atoms. The lowest BCUT2D eigenvalue weighted by atomic mass is 9.92.